The third-order valence-electron chi connectivity index (χ3n) is 2.14. The molecule has 0 unspecified atom stereocenters. The Morgan fingerprint density at radius 3 is 2.44 bits per heavy atom. The van der Waals surface area contributed by atoms with Gasteiger partial charge < -0.3 is 0 Å². The van der Waals surface area contributed by atoms with E-state index < -0.39 is 5.82 Å². The van der Waals surface area contributed by atoms with E-state index in [1.165, 1.54) is 0 Å². The minimum absolute atomic E-state index is 0.0544. The maximum Gasteiger partial charge on any atom is 0.224 e. The largest absolute Gasteiger partial charge is 0.224 e. The molecule has 0 N–H and O–H groups in total. The van der Waals surface area contributed by atoms with Crippen LogP contribution in [0, 0.1) is 12.7 Å². The van der Waals surface area contributed by atoms with Gasteiger partial charge in [-0.3, -0.25) is 0 Å². The maximum atomic E-state index is 13.9. The number of aromatic nitrogens is 2. The highest BCUT2D eigenvalue weighted by Crippen LogP contribution is 2.37. The predicted molar refractivity (Wildman–Crippen MR) is 67.0 cm³/mol. The van der Waals surface area contributed by atoms with Crippen LogP contribution in [-0.2, 0) is 0 Å². The summed E-state index contributed by atoms with van der Waals surface area (Å²) in [6.45, 7) is 1.71. The van der Waals surface area contributed by atoms with Crippen LogP contribution in [0.5, 0.6) is 0 Å². The zero-order valence-electron chi connectivity index (χ0n) is 7.78. The lowest BCUT2D eigenvalue weighted by atomic mass is 10.1. The van der Waals surface area contributed by atoms with E-state index in [1.54, 1.807) is 6.92 Å². The average molecular weight is 344 g/mol. The zero-order chi connectivity index (χ0) is 12.0. The molecule has 16 heavy (non-hydrogen) atoms. The van der Waals surface area contributed by atoms with E-state index in [4.69, 9.17) is 34.8 Å². The molecular formula is C9H3BrCl3FN2. The lowest BCUT2D eigenvalue weighted by molar-refractivity contribution is 0.629. The molecule has 0 atom stereocenters. The number of halogens is 5. The summed E-state index contributed by atoms with van der Waals surface area (Å²) in [4.78, 5) is 7.56. The molecule has 0 radical (unpaired) electrons. The lowest BCUT2D eigenvalue weighted by Crippen LogP contribution is -1.95. The van der Waals surface area contributed by atoms with Crippen molar-refractivity contribution in [3.05, 3.63) is 31.3 Å². The van der Waals surface area contributed by atoms with Gasteiger partial charge in [0.1, 0.15) is 10.7 Å². The second kappa shape index (κ2) is 4.26. The van der Waals surface area contributed by atoms with E-state index in [2.05, 4.69) is 25.9 Å². The van der Waals surface area contributed by atoms with E-state index >= 15 is 0 Å². The van der Waals surface area contributed by atoms with Crippen LogP contribution in [0.3, 0.4) is 0 Å². The lowest BCUT2D eigenvalue weighted by Gasteiger charge is -2.09. The Morgan fingerprint density at radius 2 is 1.81 bits per heavy atom. The molecule has 2 aromatic rings. The van der Waals surface area contributed by atoms with Crippen LogP contribution in [0.1, 0.15) is 5.56 Å². The maximum absolute atomic E-state index is 13.9. The molecule has 0 saturated heterocycles. The molecule has 84 valence electrons. The number of aryl methyl sites for hydroxylation is 1. The first kappa shape index (κ1) is 12.3. The van der Waals surface area contributed by atoms with Gasteiger partial charge >= 0.3 is 0 Å². The first-order valence-corrected chi connectivity index (χ1v) is 6.02. The molecule has 7 heteroatoms. The Kier molecular flexibility index (Phi) is 3.27. The number of rotatable bonds is 0. The van der Waals surface area contributed by atoms with Crippen molar-refractivity contribution in [2.24, 2.45) is 0 Å². The summed E-state index contributed by atoms with van der Waals surface area (Å²) in [5, 5.41) is 0.598. The summed E-state index contributed by atoms with van der Waals surface area (Å²) in [6, 6.07) is 0. The Labute approximate surface area is 114 Å². The Bertz CT molecular complexity index is 603. The van der Waals surface area contributed by atoms with Crippen molar-refractivity contribution in [2.75, 3.05) is 0 Å². The molecule has 2 rings (SSSR count). The van der Waals surface area contributed by atoms with Gasteiger partial charge in [0.05, 0.1) is 9.50 Å². The molecule has 2 nitrogen and oxygen atoms in total. The van der Waals surface area contributed by atoms with Gasteiger partial charge in [0.25, 0.3) is 0 Å². The summed E-state index contributed by atoms with van der Waals surface area (Å²) in [5.74, 6) is -0.600. The van der Waals surface area contributed by atoms with Crippen LogP contribution in [0.4, 0.5) is 4.39 Å². The minimum Gasteiger partial charge on any atom is -0.215 e. The normalized spacial score (nSPS) is 11.1. The summed E-state index contributed by atoms with van der Waals surface area (Å²) >= 11 is 20.5. The first-order chi connectivity index (χ1) is 7.43. The summed E-state index contributed by atoms with van der Waals surface area (Å²) in [6.07, 6.45) is 0. The molecule has 0 fully saturated rings. The fraction of sp³-hybridized carbons (Fsp3) is 0.111. The van der Waals surface area contributed by atoms with Crippen molar-refractivity contribution >= 4 is 61.6 Å². The van der Waals surface area contributed by atoms with Gasteiger partial charge in [0, 0.05) is 5.39 Å². The Hall–Kier alpha value is -0.160. The van der Waals surface area contributed by atoms with Gasteiger partial charge in [-0.25, -0.2) is 14.4 Å². The second-order valence-corrected chi connectivity index (χ2v) is 4.94. The van der Waals surface area contributed by atoms with Crippen LogP contribution in [-0.4, -0.2) is 9.97 Å². The molecule has 0 spiro atoms. The SMILES string of the molecule is Cc1c(Cl)c(Br)c(F)c2nc(Cl)nc(Cl)c12. The van der Waals surface area contributed by atoms with Gasteiger partial charge in [0.15, 0.2) is 5.82 Å². The molecule has 0 saturated carbocycles. The first-order valence-electron chi connectivity index (χ1n) is 4.09. The summed E-state index contributed by atoms with van der Waals surface area (Å²) < 4.78 is 14.0. The highest BCUT2D eigenvalue weighted by molar-refractivity contribution is 9.10. The number of hydrogen-bond acceptors (Lipinski definition) is 2. The highest BCUT2D eigenvalue weighted by Gasteiger charge is 2.18. The van der Waals surface area contributed by atoms with Crippen molar-refractivity contribution < 1.29 is 4.39 Å². The average Bonchev–Trinajstić information content (AvgIpc) is 2.22. The zero-order valence-corrected chi connectivity index (χ0v) is 11.6. The van der Waals surface area contributed by atoms with Crippen LogP contribution < -0.4 is 0 Å². The highest BCUT2D eigenvalue weighted by atomic mass is 79.9. The number of fused-ring (bicyclic) bond motifs is 1. The van der Waals surface area contributed by atoms with Crippen molar-refractivity contribution in [2.45, 2.75) is 6.92 Å². The van der Waals surface area contributed by atoms with E-state index in [9.17, 15) is 4.39 Å². The number of hydrogen-bond donors (Lipinski definition) is 0. The van der Waals surface area contributed by atoms with E-state index in [-0.39, 0.29) is 25.4 Å². The molecule has 1 aromatic carbocycles. The molecular weight excluding hydrogens is 341 g/mol. The third kappa shape index (κ3) is 1.78. The standard InChI is InChI=1S/C9H3BrCl3FN2/c1-2-3-7(6(14)4(10)5(2)11)15-9(13)16-8(3)12/h1H3. The fourth-order valence-electron chi connectivity index (χ4n) is 1.37. The van der Waals surface area contributed by atoms with Gasteiger partial charge in [-0.15, -0.1) is 0 Å². The van der Waals surface area contributed by atoms with E-state index in [0.29, 0.717) is 10.9 Å². The fourth-order valence-corrected chi connectivity index (χ4v) is 2.56. The van der Waals surface area contributed by atoms with Crippen LogP contribution >= 0.6 is 50.7 Å². The van der Waals surface area contributed by atoms with Crippen molar-refractivity contribution in [3.8, 4) is 0 Å². The molecule has 0 bridgehead atoms. The van der Waals surface area contributed by atoms with Crippen LogP contribution in [0.15, 0.2) is 4.47 Å². The number of benzene rings is 1. The molecule has 0 aliphatic rings. The second-order valence-electron chi connectivity index (χ2n) is 3.07. The molecule has 0 amide bonds. The van der Waals surface area contributed by atoms with Crippen molar-refractivity contribution in [3.63, 3.8) is 0 Å². The molecule has 0 aliphatic carbocycles. The topological polar surface area (TPSA) is 25.8 Å². The van der Waals surface area contributed by atoms with Gasteiger partial charge in [-0.1, -0.05) is 23.2 Å². The Balaban J connectivity index is 3.08. The molecule has 1 aromatic heterocycles. The smallest absolute Gasteiger partial charge is 0.215 e. The van der Waals surface area contributed by atoms with Crippen LogP contribution in [0.25, 0.3) is 10.9 Å². The van der Waals surface area contributed by atoms with Crippen molar-refractivity contribution in [1.29, 1.82) is 0 Å². The van der Waals surface area contributed by atoms with Crippen molar-refractivity contribution in [1.82, 2.24) is 9.97 Å². The predicted octanol–water partition coefficient (Wildman–Crippen LogP) is 4.80. The minimum atomic E-state index is -0.600. The van der Waals surface area contributed by atoms with Gasteiger partial charge in [0.2, 0.25) is 5.28 Å². The van der Waals surface area contributed by atoms with Gasteiger partial charge in [-0.05, 0) is 40.0 Å². The summed E-state index contributed by atoms with van der Waals surface area (Å²) in [7, 11) is 0. The van der Waals surface area contributed by atoms with E-state index in [0.717, 1.165) is 0 Å². The third-order valence-corrected chi connectivity index (χ3v) is 4.02. The monoisotopic (exact) mass is 342 g/mol. The number of nitrogens with zero attached hydrogens (tertiary/aromatic N) is 2. The van der Waals surface area contributed by atoms with E-state index in [1.807, 2.05) is 0 Å². The quantitative estimate of drug-likeness (QED) is 0.390. The molecule has 1 heterocycles. The summed E-state index contributed by atoms with van der Waals surface area (Å²) in [5.41, 5.74) is 0.658. The van der Waals surface area contributed by atoms with Gasteiger partial charge in [-0.2, -0.15) is 0 Å². The Morgan fingerprint density at radius 1 is 1.19 bits per heavy atom. The van der Waals surface area contributed by atoms with Crippen LogP contribution in [0.2, 0.25) is 15.5 Å². The molecule has 0 aliphatic heterocycles.